The third kappa shape index (κ3) is 2.01. The van der Waals surface area contributed by atoms with E-state index in [1.165, 1.54) is 16.7 Å². The van der Waals surface area contributed by atoms with Gasteiger partial charge in [-0.1, -0.05) is 48.6 Å². The maximum absolute atomic E-state index is 3.81. The molecule has 1 atom stereocenters. The fourth-order valence-electron chi connectivity index (χ4n) is 2.38. The average Bonchev–Trinajstić information content (AvgIpc) is 2.65. The largest absolute Gasteiger partial charge is 0.103 e. The molecule has 0 heterocycles. The number of rotatable bonds is 4. The zero-order valence-electron chi connectivity index (χ0n) is 9.82. The van der Waals surface area contributed by atoms with Crippen LogP contribution in [-0.2, 0) is 0 Å². The van der Waals surface area contributed by atoms with Gasteiger partial charge in [0.1, 0.15) is 0 Å². The molecule has 16 heavy (non-hydrogen) atoms. The van der Waals surface area contributed by atoms with E-state index in [4.69, 9.17) is 0 Å². The minimum absolute atomic E-state index is 0.561. The summed E-state index contributed by atoms with van der Waals surface area (Å²) < 4.78 is 0. The third-order valence-electron chi connectivity index (χ3n) is 3.11. The lowest BCUT2D eigenvalue weighted by Crippen LogP contribution is -1.96. The molecule has 0 bridgehead atoms. The number of benzene rings is 1. The van der Waals surface area contributed by atoms with Crippen LogP contribution in [-0.4, -0.2) is 0 Å². The van der Waals surface area contributed by atoms with Crippen molar-refractivity contribution in [2.24, 2.45) is 0 Å². The lowest BCUT2D eigenvalue weighted by atomic mass is 9.91. The van der Waals surface area contributed by atoms with Gasteiger partial charge in [-0.05, 0) is 36.5 Å². The maximum Gasteiger partial charge on any atom is 0.00983 e. The molecule has 1 unspecified atom stereocenters. The van der Waals surface area contributed by atoms with E-state index in [2.05, 4.69) is 56.0 Å². The van der Waals surface area contributed by atoms with Gasteiger partial charge in [-0.15, -0.1) is 6.58 Å². The number of fused-ring (bicyclic) bond motifs is 1. The van der Waals surface area contributed by atoms with Crippen LogP contribution in [0.25, 0.3) is 6.08 Å². The van der Waals surface area contributed by atoms with Crippen molar-refractivity contribution in [1.82, 2.24) is 0 Å². The molecule has 0 saturated heterocycles. The van der Waals surface area contributed by atoms with Crippen LogP contribution in [0.2, 0.25) is 0 Å². The molecule has 1 aromatic carbocycles. The van der Waals surface area contributed by atoms with Crippen LogP contribution < -0.4 is 0 Å². The fourth-order valence-corrected chi connectivity index (χ4v) is 2.38. The Morgan fingerprint density at radius 3 is 2.88 bits per heavy atom. The summed E-state index contributed by atoms with van der Waals surface area (Å²) in [7, 11) is 0. The zero-order chi connectivity index (χ0) is 11.4. The monoisotopic (exact) mass is 210 g/mol. The molecule has 82 valence electrons. The molecule has 0 spiro atoms. The van der Waals surface area contributed by atoms with Gasteiger partial charge in [-0.3, -0.25) is 0 Å². The summed E-state index contributed by atoms with van der Waals surface area (Å²) in [4.78, 5) is 0. The van der Waals surface area contributed by atoms with Crippen molar-refractivity contribution in [2.75, 3.05) is 0 Å². The Hall–Kier alpha value is -1.56. The first kappa shape index (κ1) is 10.9. The molecule has 1 aliphatic rings. The first-order valence-corrected chi connectivity index (χ1v) is 5.91. The smallest absolute Gasteiger partial charge is 0.00983 e. The van der Waals surface area contributed by atoms with E-state index < -0.39 is 0 Å². The molecule has 1 aromatic rings. The minimum Gasteiger partial charge on any atom is -0.103 e. The van der Waals surface area contributed by atoms with Crippen LogP contribution in [0.5, 0.6) is 0 Å². The van der Waals surface area contributed by atoms with E-state index in [1.807, 2.05) is 6.08 Å². The molecule has 0 aromatic heterocycles. The molecule has 0 N–H and O–H groups in total. The predicted molar refractivity (Wildman–Crippen MR) is 71.4 cm³/mol. The minimum atomic E-state index is 0.561. The Balaban J connectivity index is 2.31. The van der Waals surface area contributed by atoms with Gasteiger partial charge in [-0.2, -0.15) is 0 Å². The fraction of sp³-hybridized carbons (Fsp3) is 0.250. The molecule has 0 heteroatoms. The quantitative estimate of drug-likeness (QED) is 0.631. The SMILES string of the molecule is C=CCCC1C(/C=C/C)=Cc2ccccc21. The van der Waals surface area contributed by atoms with Crippen molar-refractivity contribution in [3.8, 4) is 0 Å². The normalized spacial score (nSPS) is 18.6. The Morgan fingerprint density at radius 1 is 1.31 bits per heavy atom. The molecule has 0 nitrogen and oxygen atoms in total. The van der Waals surface area contributed by atoms with Crippen molar-refractivity contribution in [1.29, 1.82) is 0 Å². The molecule has 0 aliphatic heterocycles. The van der Waals surface area contributed by atoms with Gasteiger partial charge in [0.2, 0.25) is 0 Å². The van der Waals surface area contributed by atoms with Gasteiger partial charge in [0.05, 0.1) is 0 Å². The first-order chi connectivity index (χ1) is 7.86. The summed E-state index contributed by atoms with van der Waals surface area (Å²) in [6.45, 7) is 5.89. The summed E-state index contributed by atoms with van der Waals surface area (Å²) >= 11 is 0. The Labute approximate surface area is 98.0 Å². The van der Waals surface area contributed by atoms with E-state index in [0.29, 0.717) is 5.92 Å². The standard InChI is InChI=1S/C16H18/c1-3-5-10-15-13(8-4-2)12-14-9-6-7-11-16(14)15/h3-4,6-9,11-12,15H,1,5,10H2,2H3/b8-4+. The molecule has 1 aliphatic carbocycles. The van der Waals surface area contributed by atoms with Crippen LogP contribution >= 0.6 is 0 Å². The van der Waals surface area contributed by atoms with E-state index in [1.54, 1.807) is 0 Å². The van der Waals surface area contributed by atoms with Crippen LogP contribution in [0, 0.1) is 0 Å². The van der Waals surface area contributed by atoms with Crippen LogP contribution in [0.3, 0.4) is 0 Å². The topological polar surface area (TPSA) is 0 Å². The number of hydrogen-bond donors (Lipinski definition) is 0. The summed E-state index contributed by atoms with van der Waals surface area (Å²) in [5.74, 6) is 0.561. The van der Waals surface area contributed by atoms with Gasteiger partial charge < -0.3 is 0 Å². The second-order valence-corrected chi connectivity index (χ2v) is 4.19. The van der Waals surface area contributed by atoms with E-state index in [-0.39, 0.29) is 0 Å². The van der Waals surface area contributed by atoms with Crippen molar-refractivity contribution >= 4 is 6.08 Å². The maximum atomic E-state index is 3.81. The van der Waals surface area contributed by atoms with Gasteiger partial charge >= 0.3 is 0 Å². The average molecular weight is 210 g/mol. The molecule has 0 radical (unpaired) electrons. The first-order valence-electron chi connectivity index (χ1n) is 5.91. The molecular weight excluding hydrogens is 192 g/mol. The van der Waals surface area contributed by atoms with Crippen LogP contribution in [0.1, 0.15) is 36.8 Å². The highest BCUT2D eigenvalue weighted by Gasteiger charge is 2.21. The van der Waals surface area contributed by atoms with Gasteiger partial charge in [0.25, 0.3) is 0 Å². The van der Waals surface area contributed by atoms with Crippen molar-refractivity contribution in [3.63, 3.8) is 0 Å². The lowest BCUT2D eigenvalue weighted by molar-refractivity contribution is 0.740. The molecule has 0 fully saturated rings. The van der Waals surface area contributed by atoms with Crippen molar-refractivity contribution < 1.29 is 0 Å². The lowest BCUT2D eigenvalue weighted by Gasteiger charge is -2.13. The summed E-state index contributed by atoms with van der Waals surface area (Å²) in [5.41, 5.74) is 4.28. The molecule has 0 amide bonds. The molecule has 2 rings (SSSR count). The van der Waals surface area contributed by atoms with E-state index in [0.717, 1.165) is 12.8 Å². The van der Waals surface area contributed by atoms with Crippen molar-refractivity contribution in [2.45, 2.75) is 25.7 Å². The second-order valence-electron chi connectivity index (χ2n) is 4.19. The third-order valence-corrected chi connectivity index (χ3v) is 3.11. The highest BCUT2D eigenvalue weighted by atomic mass is 14.3. The van der Waals surface area contributed by atoms with E-state index >= 15 is 0 Å². The van der Waals surface area contributed by atoms with Crippen LogP contribution in [0.15, 0.2) is 54.6 Å². The Bertz CT molecular complexity index is 435. The van der Waals surface area contributed by atoms with Crippen LogP contribution in [0.4, 0.5) is 0 Å². The molecule has 0 saturated carbocycles. The highest BCUT2D eigenvalue weighted by Crippen LogP contribution is 2.39. The highest BCUT2D eigenvalue weighted by molar-refractivity contribution is 5.69. The summed E-state index contributed by atoms with van der Waals surface area (Å²) in [6.07, 6.45) is 10.9. The number of allylic oxidation sites excluding steroid dienone is 4. The van der Waals surface area contributed by atoms with Gasteiger partial charge in [-0.25, -0.2) is 0 Å². The summed E-state index contributed by atoms with van der Waals surface area (Å²) in [6, 6.07) is 8.69. The van der Waals surface area contributed by atoms with Gasteiger partial charge in [0, 0.05) is 5.92 Å². The Morgan fingerprint density at radius 2 is 2.12 bits per heavy atom. The van der Waals surface area contributed by atoms with Gasteiger partial charge in [0.15, 0.2) is 0 Å². The zero-order valence-corrected chi connectivity index (χ0v) is 9.82. The second kappa shape index (κ2) is 4.98. The summed E-state index contributed by atoms with van der Waals surface area (Å²) in [5, 5.41) is 0. The predicted octanol–water partition coefficient (Wildman–Crippen LogP) is 4.71. The number of hydrogen-bond acceptors (Lipinski definition) is 0. The molecular formula is C16H18. The van der Waals surface area contributed by atoms with Crippen molar-refractivity contribution in [3.05, 3.63) is 65.8 Å². The Kier molecular flexibility index (Phi) is 3.40. The van der Waals surface area contributed by atoms with E-state index in [9.17, 15) is 0 Å².